The van der Waals surface area contributed by atoms with Crippen LogP contribution in [0.1, 0.15) is 13.3 Å². The number of thioether (sulfide) groups is 1. The summed E-state index contributed by atoms with van der Waals surface area (Å²) in [6.07, 6.45) is 0.657. The van der Waals surface area contributed by atoms with E-state index in [0.29, 0.717) is 11.5 Å². The van der Waals surface area contributed by atoms with Gasteiger partial charge in [0.05, 0.1) is 5.04 Å². The molecule has 46 valence electrons. The highest BCUT2D eigenvalue weighted by Crippen LogP contribution is 2.02. The standard InChI is InChI=1S/C4H9N3S/c1-2-3(5)8-4(6)7/h5H,2H2,1H3,(H3,6,7). The molecule has 4 N–H and O–H groups in total. The van der Waals surface area contributed by atoms with Crippen molar-refractivity contribution in [2.45, 2.75) is 13.3 Å². The zero-order chi connectivity index (χ0) is 6.57. The van der Waals surface area contributed by atoms with E-state index < -0.39 is 0 Å². The highest BCUT2D eigenvalue weighted by atomic mass is 32.2. The minimum Gasteiger partial charge on any atom is -0.378 e. The molecule has 0 aliphatic rings. The van der Waals surface area contributed by atoms with E-state index in [2.05, 4.69) is 0 Å². The summed E-state index contributed by atoms with van der Waals surface area (Å²) in [5.41, 5.74) is 4.97. The van der Waals surface area contributed by atoms with E-state index in [0.717, 1.165) is 11.8 Å². The van der Waals surface area contributed by atoms with E-state index in [9.17, 15) is 0 Å². The molecule has 0 unspecified atom stereocenters. The van der Waals surface area contributed by atoms with Crippen LogP contribution in [-0.2, 0) is 0 Å². The average Bonchev–Trinajstić information content (AvgIpc) is 1.65. The van der Waals surface area contributed by atoms with Crippen molar-refractivity contribution < 1.29 is 0 Å². The van der Waals surface area contributed by atoms with Gasteiger partial charge in [0.25, 0.3) is 0 Å². The van der Waals surface area contributed by atoms with Gasteiger partial charge in [0.2, 0.25) is 0 Å². The Kier molecular flexibility index (Phi) is 3.26. The molecule has 8 heavy (non-hydrogen) atoms. The van der Waals surface area contributed by atoms with Gasteiger partial charge in [0.15, 0.2) is 5.17 Å². The van der Waals surface area contributed by atoms with Crippen LogP contribution in [0.25, 0.3) is 0 Å². The lowest BCUT2D eigenvalue weighted by Crippen LogP contribution is -2.06. The van der Waals surface area contributed by atoms with Crippen molar-refractivity contribution >= 4 is 22.0 Å². The lowest BCUT2D eigenvalue weighted by molar-refractivity contribution is 1.28. The molecule has 3 nitrogen and oxygen atoms in total. The molecule has 0 aliphatic carbocycles. The Morgan fingerprint density at radius 2 is 2.12 bits per heavy atom. The largest absolute Gasteiger partial charge is 0.378 e. The summed E-state index contributed by atoms with van der Waals surface area (Å²) in [7, 11) is 0. The molecule has 0 rings (SSSR count). The lowest BCUT2D eigenvalue weighted by atomic mass is 10.5. The minimum absolute atomic E-state index is 0.00292. The van der Waals surface area contributed by atoms with Crippen LogP contribution in [0.15, 0.2) is 0 Å². The molecule has 0 saturated carbocycles. The first kappa shape index (κ1) is 7.49. The van der Waals surface area contributed by atoms with Crippen LogP contribution in [0, 0.1) is 10.8 Å². The highest BCUT2D eigenvalue weighted by Gasteiger charge is 1.93. The van der Waals surface area contributed by atoms with Crippen molar-refractivity contribution in [2.24, 2.45) is 5.73 Å². The third-order valence-corrected chi connectivity index (χ3v) is 1.31. The summed E-state index contributed by atoms with van der Waals surface area (Å²) >= 11 is 0.999. The fraction of sp³-hybridized carbons (Fsp3) is 0.500. The molecule has 0 amide bonds. The van der Waals surface area contributed by atoms with Crippen molar-refractivity contribution in [1.82, 2.24) is 0 Å². The van der Waals surface area contributed by atoms with Gasteiger partial charge in [-0.15, -0.1) is 0 Å². The number of amidine groups is 1. The first-order valence-corrected chi connectivity index (χ1v) is 3.07. The van der Waals surface area contributed by atoms with Gasteiger partial charge in [-0.1, -0.05) is 6.92 Å². The number of hydrogen-bond donors (Lipinski definition) is 3. The van der Waals surface area contributed by atoms with Gasteiger partial charge in [-0.2, -0.15) is 0 Å². The molecule has 0 aromatic carbocycles. The zero-order valence-corrected chi connectivity index (χ0v) is 5.51. The van der Waals surface area contributed by atoms with E-state index in [1.807, 2.05) is 6.92 Å². The quantitative estimate of drug-likeness (QED) is 0.367. The molecule has 0 radical (unpaired) electrons. The van der Waals surface area contributed by atoms with Gasteiger partial charge >= 0.3 is 0 Å². The van der Waals surface area contributed by atoms with Crippen molar-refractivity contribution in [3.05, 3.63) is 0 Å². The molecule has 0 aromatic heterocycles. The summed E-state index contributed by atoms with van der Waals surface area (Å²) < 4.78 is 0. The van der Waals surface area contributed by atoms with Gasteiger partial charge in [-0.3, -0.25) is 10.8 Å². The molecule has 0 atom stereocenters. The third kappa shape index (κ3) is 3.67. The summed E-state index contributed by atoms with van der Waals surface area (Å²) in [6.45, 7) is 1.86. The number of hydrogen-bond acceptors (Lipinski definition) is 3. The van der Waals surface area contributed by atoms with Gasteiger partial charge < -0.3 is 5.73 Å². The van der Waals surface area contributed by atoms with E-state index in [4.69, 9.17) is 16.6 Å². The van der Waals surface area contributed by atoms with Crippen molar-refractivity contribution in [1.29, 1.82) is 10.8 Å². The molecule has 0 spiro atoms. The number of nitrogens with two attached hydrogens (primary N) is 1. The van der Waals surface area contributed by atoms with Crippen LogP contribution in [0.3, 0.4) is 0 Å². The first-order valence-electron chi connectivity index (χ1n) is 2.26. The summed E-state index contributed by atoms with van der Waals surface area (Å²) in [5.74, 6) is 0. The predicted molar refractivity (Wildman–Crippen MR) is 37.5 cm³/mol. The third-order valence-electron chi connectivity index (χ3n) is 0.554. The minimum atomic E-state index is -0.00292. The zero-order valence-electron chi connectivity index (χ0n) is 4.69. The van der Waals surface area contributed by atoms with Crippen LogP contribution in [0.2, 0.25) is 0 Å². The highest BCUT2D eigenvalue weighted by molar-refractivity contribution is 8.26. The molecule has 0 aliphatic heterocycles. The summed E-state index contributed by atoms with van der Waals surface area (Å²) in [6, 6.07) is 0. The van der Waals surface area contributed by atoms with Gasteiger partial charge in [0, 0.05) is 0 Å². The fourth-order valence-corrected chi connectivity index (χ4v) is 0.615. The number of nitrogens with one attached hydrogen (secondary N) is 2. The van der Waals surface area contributed by atoms with E-state index >= 15 is 0 Å². The molecular weight excluding hydrogens is 122 g/mol. The normalized spacial score (nSPS) is 8.62. The Labute approximate surface area is 52.7 Å². The molecular formula is C4H9N3S. The Morgan fingerprint density at radius 3 is 2.25 bits per heavy atom. The lowest BCUT2D eigenvalue weighted by Gasteiger charge is -1.93. The topological polar surface area (TPSA) is 73.7 Å². The maximum atomic E-state index is 7.01. The molecule has 0 fully saturated rings. The van der Waals surface area contributed by atoms with Crippen molar-refractivity contribution in [3.63, 3.8) is 0 Å². The monoisotopic (exact) mass is 131 g/mol. The Balaban J connectivity index is 3.40. The SMILES string of the molecule is CCC(=N)SC(=N)N. The summed E-state index contributed by atoms with van der Waals surface area (Å²) in [4.78, 5) is 0. The maximum absolute atomic E-state index is 7.01. The van der Waals surface area contributed by atoms with Crippen molar-refractivity contribution in [2.75, 3.05) is 0 Å². The summed E-state index contributed by atoms with van der Waals surface area (Å²) in [5, 5.41) is 14.2. The van der Waals surface area contributed by atoms with E-state index in [1.54, 1.807) is 0 Å². The van der Waals surface area contributed by atoms with E-state index in [1.165, 1.54) is 0 Å². The molecule has 0 saturated heterocycles. The van der Waals surface area contributed by atoms with Crippen LogP contribution in [-0.4, -0.2) is 10.2 Å². The second-order valence-corrected chi connectivity index (χ2v) is 2.38. The Hall–Kier alpha value is -0.510. The van der Waals surface area contributed by atoms with Crippen LogP contribution < -0.4 is 5.73 Å². The smallest absolute Gasteiger partial charge is 0.157 e. The Bertz CT molecular complexity index is 110. The molecule has 0 aromatic rings. The molecule has 0 bridgehead atoms. The van der Waals surface area contributed by atoms with Gasteiger partial charge in [-0.05, 0) is 18.2 Å². The second-order valence-electron chi connectivity index (χ2n) is 1.24. The second kappa shape index (κ2) is 3.49. The van der Waals surface area contributed by atoms with E-state index in [-0.39, 0.29) is 5.17 Å². The van der Waals surface area contributed by atoms with Crippen LogP contribution >= 0.6 is 11.8 Å². The maximum Gasteiger partial charge on any atom is 0.157 e. The molecule has 0 heterocycles. The predicted octanol–water partition coefficient (Wildman–Crippen LogP) is 1.00. The Morgan fingerprint density at radius 1 is 1.62 bits per heavy atom. The number of rotatable bonds is 1. The van der Waals surface area contributed by atoms with Gasteiger partial charge in [0.1, 0.15) is 0 Å². The van der Waals surface area contributed by atoms with Crippen LogP contribution in [0.5, 0.6) is 0 Å². The average molecular weight is 131 g/mol. The fourth-order valence-electron chi connectivity index (χ4n) is 0.205. The molecule has 4 heteroatoms. The van der Waals surface area contributed by atoms with Crippen molar-refractivity contribution in [3.8, 4) is 0 Å². The van der Waals surface area contributed by atoms with Gasteiger partial charge in [-0.25, -0.2) is 0 Å². The first-order chi connectivity index (χ1) is 3.66. The van der Waals surface area contributed by atoms with Crippen LogP contribution in [0.4, 0.5) is 0 Å².